The lowest BCUT2D eigenvalue weighted by Gasteiger charge is -2.10. The fourth-order valence-corrected chi connectivity index (χ4v) is 2.20. The predicted octanol–water partition coefficient (Wildman–Crippen LogP) is 3.81. The molecule has 25 heavy (non-hydrogen) atoms. The van der Waals surface area contributed by atoms with Crippen LogP contribution in [0.15, 0.2) is 36.5 Å². The molecule has 0 saturated carbocycles. The van der Waals surface area contributed by atoms with Gasteiger partial charge in [-0.3, -0.25) is 4.79 Å². The minimum absolute atomic E-state index is 0.273. The molecule has 2 aromatic rings. The van der Waals surface area contributed by atoms with Gasteiger partial charge in [0.1, 0.15) is 17.3 Å². The van der Waals surface area contributed by atoms with Crippen LogP contribution in [0.4, 0.5) is 11.5 Å². The summed E-state index contributed by atoms with van der Waals surface area (Å²) in [6.07, 6.45) is 2.80. The lowest BCUT2D eigenvalue weighted by Crippen LogP contribution is -2.13. The molecule has 134 valence electrons. The number of methoxy groups -OCH3 is 2. The molecule has 0 fully saturated rings. The molecule has 1 heterocycles. The van der Waals surface area contributed by atoms with Gasteiger partial charge in [-0.15, -0.1) is 0 Å². The van der Waals surface area contributed by atoms with E-state index < -0.39 is 0 Å². The number of pyridine rings is 1. The van der Waals surface area contributed by atoms with Crippen LogP contribution in [-0.2, 0) is 0 Å². The van der Waals surface area contributed by atoms with E-state index in [1.807, 2.05) is 6.07 Å². The lowest BCUT2D eigenvalue weighted by atomic mass is 10.1. The van der Waals surface area contributed by atoms with Gasteiger partial charge in [-0.25, -0.2) is 4.98 Å². The van der Waals surface area contributed by atoms with E-state index in [1.54, 1.807) is 44.7 Å². The molecule has 1 aromatic heterocycles. The molecule has 2 rings (SSSR count). The number of hydrogen-bond donors (Lipinski definition) is 2. The van der Waals surface area contributed by atoms with E-state index in [0.29, 0.717) is 28.8 Å². The van der Waals surface area contributed by atoms with E-state index in [4.69, 9.17) is 9.47 Å². The molecule has 0 spiro atoms. The Balaban J connectivity index is 2.00. The molecule has 0 aliphatic heterocycles. The van der Waals surface area contributed by atoms with Crippen LogP contribution >= 0.6 is 0 Å². The summed E-state index contributed by atoms with van der Waals surface area (Å²) in [5, 5.41) is 6.08. The Morgan fingerprint density at radius 1 is 1.12 bits per heavy atom. The average Bonchev–Trinajstić information content (AvgIpc) is 2.62. The summed E-state index contributed by atoms with van der Waals surface area (Å²) in [7, 11) is 3.09. The van der Waals surface area contributed by atoms with Gasteiger partial charge in [-0.05, 0) is 36.6 Å². The number of ether oxygens (including phenoxy) is 2. The van der Waals surface area contributed by atoms with Crippen molar-refractivity contribution in [2.45, 2.75) is 20.3 Å². The minimum Gasteiger partial charge on any atom is -0.497 e. The first-order chi connectivity index (χ1) is 12.0. The average molecular weight is 343 g/mol. The Morgan fingerprint density at radius 3 is 2.32 bits per heavy atom. The molecule has 0 aliphatic carbocycles. The summed E-state index contributed by atoms with van der Waals surface area (Å²) in [5.74, 6) is 1.98. The monoisotopic (exact) mass is 343 g/mol. The van der Waals surface area contributed by atoms with E-state index in [2.05, 4.69) is 29.5 Å². The van der Waals surface area contributed by atoms with Crippen molar-refractivity contribution in [1.29, 1.82) is 0 Å². The third kappa shape index (κ3) is 5.67. The maximum Gasteiger partial charge on any atom is 0.257 e. The molecule has 6 heteroatoms. The summed E-state index contributed by atoms with van der Waals surface area (Å²) < 4.78 is 10.4. The second-order valence-electron chi connectivity index (χ2n) is 6.10. The van der Waals surface area contributed by atoms with E-state index in [0.717, 1.165) is 18.7 Å². The van der Waals surface area contributed by atoms with Crippen LogP contribution in [-0.4, -0.2) is 31.7 Å². The van der Waals surface area contributed by atoms with Crippen LogP contribution in [0.25, 0.3) is 0 Å². The van der Waals surface area contributed by atoms with Gasteiger partial charge in [-0.1, -0.05) is 13.8 Å². The molecule has 0 bridgehead atoms. The highest BCUT2D eigenvalue weighted by Gasteiger charge is 2.11. The first-order valence-corrected chi connectivity index (χ1v) is 8.26. The van der Waals surface area contributed by atoms with Crippen LogP contribution in [0.2, 0.25) is 0 Å². The van der Waals surface area contributed by atoms with Gasteiger partial charge in [0.2, 0.25) is 0 Å². The minimum atomic E-state index is -0.273. The Kier molecular flexibility index (Phi) is 6.62. The predicted molar refractivity (Wildman–Crippen MR) is 99.7 cm³/mol. The van der Waals surface area contributed by atoms with Crippen molar-refractivity contribution in [1.82, 2.24) is 4.98 Å². The number of amides is 1. The van der Waals surface area contributed by atoms with Crippen molar-refractivity contribution in [2.75, 3.05) is 31.4 Å². The molecule has 0 unspecified atom stereocenters. The number of nitrogens with zero attached hydrogens (tertiary/aromatic N) is 1. The molecule has 2 N–H and O–H groups in total. The van der Waals surface area contributed by atoms with Crippen molar-refractivity contribution >= 4 is 17.4 Å². The smallest absolute Gasteiger partial charge is 0.257 e. The highest BCUT2D eigenvalue weighted by Crippen LogP contribution is 2.23. The van der Waals surface area contributed by atoms with E-state index >= 15 is 0 Å². The number of carbonyl (C=O) groups is 1. The van der Waals surface area contributed by atoms with Gasteiger partial charge in [0.25, 0.3) is 5.91 Å². The van der Waals surface area contributed by atoms with Crippen molar-refractivity contribution in [3.05, 3.63) is 42.1 Å². The number of nitrogens with one attached hydrogen (secondary N) is 2. The Hall–Kier alpha value is -2.76. The van der Waals surface area contributed by atoms with Crippen molar-refractivity contribution in [3.8, 4) is 11.5 Å². The van der Waals surface area contributed by atoms with Gasteiger partial charge in [0, 0.05) is 18.2 Å². The lowest BCUT2D eigenvalue weighted by molar-refractivity contribution is 0.102. The summed E-state index contributed by atoms with van der Waals surface area (Å²) in [4.78, 5) is 16.7. The van der Waals surface area contributed by atoms with Crippen LogP contribution in [0, 0.1) is 5.92 Å². The molecular formula is C19H25N3O3. The van der Waals surface area contributed by atoms with Crippen LogP contribution in [0.3, 0.4) is 0 Å². The summed E-state index contributed by atoms with van der Waals surface area (Å²) in [6, 6.07) is 8.69. The van der Waals surface area contributed by atoms with E-state index in [-0.39, 0.29) is 5.91 Å². The molecule has 1 amide bonds. The molecule has 0 atom stereocenters. The SMILES string of the molecule is COc1cc(OC)cc(C(=O)Nc2ccc(NCCC(C)C)cn2)c1. The number of rotatable bonds is 8. The number of aromatic nitrogens is 1. The second-order valence-corrected chi connectivity index (χ2v) is 6.10. The van der Waals surface area contributed by atoms with Crippen molar-refractivity contribution in [2.24, 2.45) is 5.92 Å². The number of benzene rings is 1. The van der Waals surface area contributed by atoms with Crippen LogP contribution < -0.4 is 20.1 Å². The maximum atomic E-state index is 12.4. The number of anilines is 2. The zero-order valence-electron chi connectivity index (χ0n) is 15.1. The molecule has 1 aromatic carbocycles. The Labute approximate surface area is 148 Å². The zero-order chi connectivity index (χ0) is 18.2. The largest absolute Gasteiger partial charge is 0.497 e. The van der Waals surface area contributed by atoms with E-state index in [9.17, 15) is 4.79 Å². The third-order valence-electron chi connectivity index (χ3n) is 3.67. The first kappa shape index (κ1) is 18.6. The van der Waals surface area contributed by atoms with Crippen molar-refractivity contribution < 1.29 is 14.3 Å². The standard InChI is InChI=1S/C19H25N3O3/c1-13(2)7-8-20-15-5-6-18(21-12-15)22-19(23)14-9-16(24-3)11-17(10-14)25-4/h5-6,9-13,20H,7-8H2,1-4H3,(H,21,22,23). The van der Waals surface area contributed by atoms with Gasteiger partial charge >= 0.3 is 0 Å². The summed E-state index contributed by atoms with van der Waals surface area (Å²) in [6.45, 7) is 5.27. The third-order valence-corrected chi connectivity index (χ3v) is 3.67. The molecular weight excluding hydrogens is 318 g/mol. The Morgan fingerprint density at radius 2 is 1.80 bits per heavy atom. The summed E-state index contributed by atoms with van der Waals surface area (Å²) in [5.41, 5.74) is 1.37. The second kappa shape index (κ2) is 8.92. The van der Waals surface area contributed by atoms with Gasteiger partial charge in [0.05, 0.1) is 26.1 Å². The normalized spacial score (nSPS) is 10.4. The fraction of sp³-hybridized carbons (Fsp3) is 0.368. The topological polar surface area (TPSA) is 72.5 Å². The van der Waals surface area contributed by atoms with Crippen LogP contribution in [0.5, 0.6) is 11.5 Å². The van der Waals surface area contributed by atoms with E-state index in [1.165, 1.54) is 0 Å². The van der Waals surface area contributed by atoms with Crippen molar-refractivity contribution in [3.63, 3.8) is 0 Å². The van der Waals surface area contributed by atoms with Gasteiger partial charge in [-0.2, -0.15) is 0 Å². The first-order valence-electron chi connectivity index (χ1n) is 8.26. The molecule has 0 saturated heterocycles. The molecule has 6 nitrogen and oxygen atoms in total. The quantitative estimate of drug-likeness (QED) is 0.762. The van der Waals surface area contributed by atoms with Gasteiger partial charge in [0.15, 0.2) is 0 Å². The number of hydrogen-bond acceptors (Lipinski definition) is 5. The van der Waals surface area contributed by atoms with Crippen LogP contribution in [0.1, 0.15) is 30.6 Å². The molecule has 0 radical (unpaired) electrons. The fourth-order valence-electron chi connectivity index (χ4n) is 2.20. The summed E-state index contributed by atoms with van der Waals surface area (Å²) >= 11 is 0. The molecule has 0 aliphatic rings. The van der Waals surface area contributed by atoms with Gasteiger partial charge < -0.3 is 20.1 Å². The Bertz CT molecular complexity index is 677. The maximum absolute atomic E-state index is 12.4. The highest BCUT2D eigenvalue weighted by atomic mass is 16.5. The number of carbonyl (C=O) groups excluding carboxylic acids is 1. The highest BCUT2D eigenvalue weighted by molar-refractivity contribution is 6.04. The zero-order valence-corrected chi connectivity index (χ0v) is 15.1.